The van der Waals surface area contributed by atoms with Gasteiger partial charge >= 0.3 is 0 Å². The molecule has 0 saturated heterocycles. The molecule has 146 valence electrons. The Bertz CT molecular complexity index is 902. The number of aromatic nitrogens is 3. The lowest BCUT2D eigenvalue weighted by Gasteiger charge is -2.19. The fraction of sp³-hybridized carbons (Fsp3) is 0.318. The van der Waals surface area contributed by atoms with Gasteiger partial charge in [0.05, 0.1) is 23.5 Å². The van der Waals surface area contributed by atoms with E-state index < -0.39 is 0 Å². The Morgan fingerprint density at radius 1 is 1.07 bits per heavy atom. The first-order valence-electron chi connectivity index (χ1n) is 9.55. The summed E-state index contributed by atoms with van der Waals surface area (Å²) >= 11 is 0. The van der Waals surface area contributed by atoms with Crippen molar-refractivity contribution in [3.8, 4) is 5.69 Å². The molecule has 0 unspecified atom stereocenters. The highest BCUT2D eigenvalue weighted by Crippen LogP contribution is 2.13. The Balaban J connectivity index is 1.47. The van der Waals surface area contributed by atoms with Crippen molar-refractivity contribution in [2.75, 3.05) is 25.0 Å². The zero-order valence-corrected chi connectivity index (χ0v) is 16.7. The van der Waals surface area contributed by atoms with Crippen molar-refractivity contribution in [3.63, 3.8) is 0 Å². The second-order valence-electron chi connectivity index (χ2n) is 7.01. The Kier molecular flexibility index (Phi) is 6.42. The molecule has 3 aromatic rings. The number of hydrogen-bond acceptors (Lipinski definition) is 4. The molecular weight excluding hydrogens is 350 g/mol. The van der Waals surface area contributed by atoms with E-state index >= 15 is 0 Å². The molecule has 0 spiro atoms. The van der Waals surface area contributed by atoms with Crippen molar-refractivity contribution in [3.05, 3.63) is 71.5 Å². The largest absolute Gasteiger partial charge is 0.375 e. The summed E-state index contributed by atoms with van der Waals surface area (Å²) < 4.78 is 1.77. The number of rotatable bonds is 8. The van der Waals surface area contributed by atoms with Crippen molar-refractivity contribution in [1.82, 2.24) is 20.3 Å². The molecule has 1 heterocycles. The quantitative estimate of drug-likeness (QED) is 0.613. The molecule has 6 nitrogen and oxygen atoms in total. The number of carbonyl (C=O) groups is 1. The summed E-state index contributed by atoms with van der Waals surface area (Å²) in [6.07, 6.45) is 1.12. The van der Waals surface area contributed by atoms with Crippen LogP contribution in [0.5, 0.6) is 0 Å². The number of anilines is 1. The maximum absolute atomic E-state index is 12.3. The van der Waals surface area contributed by atoms with E-state index in [1.165, 1.54) is 11.3 Å². The Hall–Kier alpha value is -3.15. The molecule has 0 aliphatic carbocycles. The number of amides is 1. The highest BCUT2D eigenvalue weighted by atomic mass is 16.1. The molecule has 0 atom stereocenters. The van der Waals surface area contributed by atoms with E-state index in [2.05, 4.69) is 39.7 Å². The van der Waals surface area contributed by atoms with Gasteiger partial charge in [0.15, 0.2) is 0 Å². The van der Waals surface area contributed by atoms with E-state index in [1.54, 1.807) is 4.68 Å². The van der Waals surface area contributed by atoms with Gasteiger partial charge in [0.1, 0.15) is 0 Å². The SMILES string of the molecule is Cc1ccc(-n2nnc(CC(=O)NCCCN(C)c3ccccc3)c2C)cc1. The Morgan fingerprint density at radius 2 is 1.79 bits per heavy atom. The van der Waals surface area contributed by atoms with Crippen LogP contribution < -0.4 is 10.2 Å². The number of nitrogens with one attached hydrogen (secondary N) is 1. The van der Waals surface area contributed by atoms with Gasteiger partial charge in [-0.05, 0) is 44.5 Å². The van der Waals surface area contributed by atoms with Crippen LogP contribution in [0.25, 0.3) is 5.69 Å². The number of carbonyl (C=O) groups excluding carboxylic acids is 1. The number of nitrogens with zero attached hydrogens (tertiary/aromatic N) is 4. The summed E-state index contributed by atoms with van der Waals surface area (Å²) in [7, 11) is 2.06. The molecule has 0 saturated carbocycles. The summed E-state index contributed by atoms with van der Waals surface area (Å²) in [4.78, 5) is 14.5. The van der Waals surface area contributed by atoms with Crippen LogP contribution in [0.15, 0.2) is 54.6 Å². The van der Waals surface area contributed by atoms with Gasteiger partial charge in [-0.2, -0.15) is 0 Å². The van der Waals surface area contributed by atoms with Crippen molar-refractivity contribution < 1.29 is 4.79 Å². The minimum Gasteiger partial charge on any atom is -0.375 e. The third-order valence-electron chi connectivity index (χ3n) is 4.79. The molecule has 1 aromatic heterocycles. The third-order valence-corrected chi connectivity index (χ3v) is 4.79. The number of para-hydroxylation sites is 1. The fourth-order valence-electron chi connectivity index (χ4n) is 3.03. The van der Waals surface area contributed by atoms with Crippen molar-refractivity contribution >= 4 is 11.6 Å². The van der Waals surface area contributed by atoms with Crippen LogP contribution in [0, 0.1) is 13.8 Å². The van der Waals surface area contributed by atoms with Crippen molar-refractivity contribution in [2.24, 2.45) is 0 Å². The van der Waals surface area contributed by atoms with Crippen LogP contribution in [0.3, 0.4) is 0 Å². The van der Waals surface area contributed by atoms with Gasteiger partial charge < -0.3 is 10.2 Å². The minimum absolute atomic E-state index is 0.0265. The first-order chi connectivity index (χ1) is 13.5. The summed E-state index contributed by atoms with van der Waals surface area (Å²) in [5, 5.41) is 11.4. The molecule has 0 bridgehead atoms. The predicted molar refractivity (Wildman–Crippen MR) is 112 cm³/mol. The summed E-state index contributed by atoms with van der Waals surface area (Å²) in [6, 6.07) is 18.3. The maximum atomic E-state index is 12.3. The first kappa shape index (κ1) is 19.6. The minimum atomic E-state index is -0.0265. The Labute approximate surface area is 166 Å². The van der Waals surface area contributed by atoms with Crippen LogP contribution in [-0.4, -0.2) is 41.0 Å². The molecule has 0 radical (unpaired) electrons. The molecule has 2 aromatic carbocycles. The van der Waals surface area contributed by atoms with Crippen molar-refractivity contribution in [1.29, 1.82) is 0 Å². The molecule has 0 aliphatic rings. The van der Waals surface area contributed by atoms with E-state index in [0.29, 0.717) is 12.2 Å². The average molecular weight is 377 g/mol. The summed E-state index contributed by atoms with van der Waals surface area (Å²) in [6.45, 7) is 5.51. The lowest BCUT2D eigenvalue weighted by atomic mass is 10.2. The lowest BCUT2D eigenvalue weighted by Crippen LogP contribution is -2.29. The molecule has 1 amide bonds. The normalized spacial score (nSPS) is 10.7. The van der Waals surface area contributed by atoms with Gasteiger partial charge in [-0.3, -0.25) is 4.79 Å². The van der Waals surface area contributed by atoms with Crippen LogP contribution in [-0.2, 0) is 11.2 Å². The predicted octanol–water partition coefficient (Wildman–Crippen LogP) is 3.07. The topological polar surface area (TPSA) is 63.1 Å². The monoisotopic (exact) mass is 377 g/mol. The first-order valence-corrected chi connectivity index (χ1v) is 9.55. The summed E-state index contributed by atoms with van der Waals surface area (Å²) in [5.74, 6) is -0.0265. The smallest absolute Gasteiger partial charge is 0.226 e. The van der Waals surface area contributed by atoms with Crippen LogP contribution in [0.1, 0.15) is 23.4 Å². The van der Waals surface area contributed by atoms with Gasteiger partial charge in [0.25, 0.3) is 0 Å². The molecule has 6 heteroatoms. The second-order valence-corrected chi connectivity index (χ2v) is 7.01. The zero-order chi connectivity index (χ0) is 19.9. The number of aryl methyl sites for hydroxylation is 1. The van der Waals surface area contributed by atoms with E-state index in [1.807, 2.05) is 56.3 Å². The molecule has 1 N–H and O–H groups in total. The third kappa shape index (κ3) is 4.97. The maximum Gasteiger partial charge on any atom is 0.226 e. The highest BCUT2D eigenvalue weighted by Gasteiger charge is 2.13. The van der Waals surface area contributed by atoms with Crippen LogP contribution in [0.2, 0.25) is 0 Å². The summed E-state index contributed by atoms with van der Waals surface area (Å²) in [5.41, 5.74) is 4.92. The lowest BCUT2D eigenvalue weighted by molar-refractivity contribution is -0.120. The average Bonchev–Trinajstić information content (AvgIpc) is 3.06. The molecule has 3 rings (SSSR count). The number of hydrogen-bond donors (Lipinski definition) is 1. The highest BCUT2D eigenvalue weighted by molar-refractivity contribution is 5.78. The molecular formula is C22H27N5O. The van der Waals surface area contributed by atoms with Gasteiger partial charge in [0.2, 0.25) is 5.91 Å². The fourth-order valence-corrected chi connectivity index (χ4v) is 3.03. The van der Waals surface area contributed by atoms with Gasteiger partial charge in [-0.25, -0.2) is 4.68 Å². The van der Waals surface area contributed by atoms with E-state index in [0.717, 1.165) is 24.3 Å². The van der Waals surface area contributed by atoms with Crippen molar-refractivity contribution in [2.45, 2.75) is 26.7 Å². The van der Waals surface area contributed by atoms with Crippen LogP contribution in [0.4, 0.5) is 5.69 Å². The number of benzene rings is 2. The molecule has 0 aliphatic heterocycles. The molecule has 0 fully saturated rings. The van der Waals surface area contributed by atoms with Gasteiger partial charge in [-0.15, -0.1) is 5.10 Å². The van der Waals surface area contributed by atoms with E-state index in [9.17, 15) is 4.79 Å². The van der Waals surface area contributed by atoms with E-state index in [4.69, 9.17) is 0 Å². The standard InChI is InChI=1S/C22H27N5O/c1-17-10-12-20(13-11-17)27-18(2)21(24-25-27)16-22(28)23-14-7-15-26(3)19-8-5-4-6-9-19/h4-6,8-13H,7,14-16H2,1-3H3,(H,23,28). The van der Waals surface area contributed by atoms with Crippen LogP contribution >= 0.6 is 0 Å². The van der Waals surface area contributed by atoms with Gasteiger partial charge in [0, 0.05) is 25.8 Å². The Morgan fingerprint density at radius 3 is 2.50 bits per heavy atom. The van der Waals surface area contributed by atoms with Gasteiger partial charge in [-0.1, -0.05) is 41.1 Å². The second kappa shape index (κ2) is 9.17. The zero-order valence-electron chi connectivity index (χ0n) is 16.7. The molecule has 28 heavy (non-hydrogen) atoms. The van der Waals surface area contributed by atoms with E-state index in [-0.39, 0.29) is 12.3 Å².